The molecule has 7 atom stereocenters. The molecule has 0 radical (unpaired) electrons. The second-order valence-corrected chi connectivity index (χ2v) is 9.64. The first kappa shape index (κ1) is 17.3. The molecule has 4 fully saturated rings. The minimum atomic E-state index is -0.411. The highest BCUT2D eigenvalue weighted by Gasteiger charge is 2.69. The third-order valence-corrected chi connectivity index (χ3v) is 8.67. The van der Waals surface area contributed by atoms with E-state index in [1.165, 1.54) is 0 Å². The number of ether oxygens (including phenoxy) is 2. The molecular formula is C20H34O4. The minimum Gasteiger partial charge on any atom is -0.396 e. The maximum absolute atomic E-state index is 10.7. The zero-order chi connectivity index (χ0) is 17.2. The van der Waals surface area contributed by atoms with Crippen molar-refractivity contribution in [2.45, 2.75) is 83.0 Å². The van der Waals surface area contributed by atoms with Gasteiger partial charge in [-0.2, -0.15) is 0 Å². The van der Waals surface area contributed by atoms with E-state index in [4.69, 9.17) is 9.47 Å². The number of aliphatic hydroxyl groups excluding tert-OH is 2. The summed E-state index contributed by atoms with van der Waals surface area (Å²) in [4.78, 5) is 0. The van der Waals surface area contributed by atoms with Crippen LogP contribution in [0.2, 0.25) is 0 Å². The summed E-state index contributed by atoms with van der Waals surface area (Å²) in [5.41, 5.74) is -0.593. The lowest BCUT2D eigenvalue weighted by atomic mass is 9.43. The Morgan fingerprint density at radius 2 is 1.83 bits per heavy atom. The molecule has 0 aromatic carbocycles. The summed E-state index contributed by atoms with van der Waals surface area (Å²) in [6.07, 6.45) is 6.78. The molecule has 138 valence electrons. The molecule has 0 aromatic rings. The van der Waals surface area contributed by atoms with Crippen molar-refractivity contribution in [2.24, 2.45) is 22.7 Å². The Morgan fingerprint density at radius 3 is 2.50 bits per heavy atom. The van der Waals surface area contributed by atoms with Crippen molar-refractivity contribution in [2.75, 3.05) is 19.8 Å². The molecule has 4 rings (SSSR count). The molecule has 0 bridgehead atoms. The smallest absolute Gasteiger partial charge is 0.0945 e. The molecule has 24 heavy (non-hydrogen) atoms. The first-order valence-electron chi connectivity index (χ1n) is 9.89. The van der Waals surface area contributed by atoms with Crippen LogP contribution in [0.25, 0.3) is 0 Å². The van der Waals surface area contributed by atoms with E-state index in [9.17, 15) is 10.2 Å². The molecule has 2 spiro atoms. The van der Waals surface area contributed by atoms with E-state index < -0.39 is 11.5 Å². The first-order chi connectivity index (χ1) is 11.3. The molecule has 0 unspecified atom stereocenters. The largest absolute Gasteiger partial charge is 0.396 e. The maximum Gasteiger partial charge on any atom is 0.0945 e. The zero-order valence-electron chi connectivity index (χ0n) is 15.5. The van der Waals surface area contributed by atoms with Gasteiger partial charge in [0.25, 0.3) is 0 Å². The van der Waals surface area contributed by atoms with E-state index in [0.29, 0.717) is 11.8 Å². The molecule has 2 saturated heterocycles. The van der Waals surface area contributed by atoms with Crippen LogP contribution in [0.3, 0.4) is 0 Å². The molecule has 2 aliphatic carbocycles. The quantitative estimate of drug-likeness (QED) is 0.772. The van der Waals surface area contributed by atoms with Crippen LogP contribution in [-0.2, 0) is 9.47 Å². The molecule has 4 aliphatic rings. The molecule has 4 heteroatoms. The molecule has 0 amide bonds. The summed E-state index contributed by atoms with van der Waals surface area (Å²) in [6.45, 7) is 8.46. The zero-order valence-corrected chi connectivity index (χ0v) is 15.5. The van der Waals surface area contributed by atoms with E-state index in [2.05, 4.69) is 20.8 Å². The SMILES string of the molecule is C[C@@H]1CC[C@@H]2[C@](C)(CO)[C@@H](O)CC[C@]2(C)[C@]12CC[C@@]1(CCOC1)O2. The van der Waals surface area contributed by atoms with Gasteiger partial charge in [-0.25, -0.2) is 0 Å². The van der Waals surface area contributed by atoms with Crippen molar-refractivity contribution in [3.63, 3.8) is 0 Å². The van der Waals surface area contributed by atoms with Gasteiger partial charge in [-0.1, -0.05) is 20.8 Å². The van der Waals surface area contributed by atoms with E-state index in [1.54, 1.807) is 0 Å². The van der Waals surface area contributed by atoms with Crippen LogP contribution in [0.4, 0.5) is 0 Å². The second kappa shape index (κ2) is 5.42. The van der Waals surface area contributed by atoms with Crippen LogP contribution >= 0.6 is 0 Å². The molecule has 2 aliphatic heterocycles. The topological polar surface area (TPSA) is 58.9 Å². The standard InChI is InChI=1S/C20H34O4/c1-14-4-5-15-17(2,12-21)16(22)6-7-18(15,3)20(14)9-8-19(24-20)10-11-23-13-19/h14-16,21-22H,4-13H2,1-3H3/t14-,15-,16+,17+,18+,19+,20+/m1/s1. The van der Waals surface area contributed by atoms with Gasteiger partial charge in [-0.15, -0.1) is 0 Å². The van der Waals surface area contributed by atoms with Crippen LogP contribution in [0.5, 0.6) is 0 Å². The van der Waals surface area contributed by atoms with Gasteiger partial charge in [0.15, 0.2) is 0 Å². The van der Waals surface area contributed by atoms with Crippen molar-refractivity contribution in [3.8, 4) is 0 Å². The summed E-state index contributed by atoms with van der Waals surface area (Å²) >= 11 is 0. The average molecular weight is 338 g/mol. The van der Waals surface area contributed by atoms with E-state index >= 15 is 0 Å². The Labute approximate surface area is 145 Å². The lowest BCUT2D eigenvalue weighted by molar-refractivity contribution is -0.266. The van der Waals surface area contributed by atoms with Crippen LogP contribution in [0, 0.1) is 22.7 Å². The van der Waals surface area contributed by atoms with E-state index in [1.807, 2.05) is 0 Å². The monoisotopic (exact) mass is 338 g/mol. The third-order valence-electron chi connectivity index (χ3n) is 8.67. The summed E-state index contributed by atoms with van der Waals surface area (Å²) in [5, 5.41) is 20.8. The highest BCUT2D eigenvalue weighted by atomic mass is 16.6. The summed E-state index contributed by atoms with van der Waals surface area (Å²) in [6, 6.07) is 0. The molecule has 2 heterocycles. The van der Waals surface area contributed by atoms with Crippen molar-refractivity contribution < 1.29 is 19.7 Å². The molecule has 4 nitrogen and oxygen atoms in total. The van der Waals surface area contributed by atoms with Crippen LogP contribution in [-0.4, -0.2) is 47.3 Å². The molecule has 2 N–H and O–H groups in total. The Hall–Kier alpha value is -0.160. The maximum atomic E-state index is 10.7. The van der Waals surface area contributed by atoms with Crippen molar-refractivity contribution in [1.29, 1.82) is 0 Å². The van der Waals surface area contributed by atoms with Gasteiger partial charge in [-0.05, 0) is 50.4 Å². The first-order valence-corrected chi connectivity index (χ1v) is 9.89. The minimum absolute atomic E-state index is 0.0213. The van der Waals surface area contributed by atoms with Gasteiger partial charge < -0.3 is 19.7 Å². The van der Waals surface area contributed by atoms with Crippen molar-refractivity contribution >= 4 is 0 Å². The molecule has 2 saturated carbocycles. The fraction of sp³-hybridized carbons (Fsp3) is 1.00. The third kappa shape index (κ3) is 2.00. The Bertz CT molecular complexity index is 502. The fourth-order valence-electron chi connectivity index (χ4n) is 7.00. The van der Waals surface area contributed by atoms with Gasteiger partial charge in [-0.3, -0.25) is 0 Å². The number of aliphatic hydroxyl groups is 2. The molecular weight excluding hydrogens is 304 g/mol. The van der Waals surface area contributed by atoms with Crippen molar-refractivity contribution in [3.05, 3.63) is 0 Å². The van der Waals surface area contributed by atoms with Gasteiger partial charge in [0.2, 0.25) is 0 Å². The van der Waals surface area contributed by atoms with Gasteiger partial charge in [0.05, 0.1) is 30.5 Å². The number of hydrogen-bond donors (Lipinski definition) is 2. The highest BCUT2D eigenvalue weighted by molar-refractivity contribution is 5.17. The van der Waals surface area contributed by atoms with Crippen LogP contribution in [0.1, 0.15) is 65.7 Å². The van der Waals surface area contributed by atoms with Gasteiger partial charge in [0.1, 0.15) is 0 Å². The van der Waals surface area contributed by atoms with Gasteiger partial charge in [0, 0.05) is 23.9 Å². The predicted octanol–water partition coefficient (Wildman–Crippen LogP) is 2.90. The van der Waals surface area contributed by atoms with E-state index in [0.717, 1.165) is 58.2 Å². The Balaban J connectivity index is 1.74. The van der Waals surface area contributed by atoms with E-state index in [-0.39, 0.29) is 23.2 Å². The highest BCUT2D eigenvalue weighted by Crippen LogP contribution is 2.68. The number of hydrogen-bond acceptors (Lipinski definition) is 4. The molecule has 0 aromatic heterocycles. The van der Waals surface area contributed by atoms with Crippen molar-refractivity contribution in [1.82, 2.24) is 0 Å². The van der Waals surface area contributed by atoms with Crippen LogP contribution in [0.15, 0.2) is 0 Å². The summed E-state index contributed by atoms with van der Waals surface area (Å²) in [7, 11) is 0. The van der Waals surface area contributed by atoms with Crippen LogP contribution < -0.4 is 0 Å². The predicted molar refractivity (Wildman–Crippen MR) is 91.6 cm³/mol. The number of rotatable bonds is 1. The average Bonchev–Trinajstić information content (AvgIpc) is 3.18. The fourth-order valence-corrected chi connectivity index (χ4v) is 7.00. The Morgan fingerprint density at radius 1 is 1.04 bits per heavy atom. The Kier molecular flexibility index (Phi) is 3.90. The summed E-state index contributed by atoms with van der Waals surface area (Å²) in [5.74, 6) is 0.837. The van der Waals surface area contributed by atoms with Gasteiger partial charge >= 0.3 is 0 Å². The normalized spacial score (nSPS) is 57.6. The second-order valence-electron chi connectivity index (χ2n) is 9.64. The lowest BCUT2D eigenvalue weighted by Gasteiger charge is -2.65. The number of fused-ring (bicyclic) bond motifs is 2. The lowest BCUT2D eigenvalue weighted by Crippen LogP contribution is -2.66. The summed E-state index contributed by atoms with van der Waals surface area (Å²) < 4.78 is 12.7.